The zero-order chi connectivity index (χ0) is 10.8. The van der Waals surface area contributed by atoms with Crippen molar-refractivity contribution >= 4 is 0 Å². The van der Waals surface area contributed by atoms with Crippen LogP contribution >= 0.6 is 0 Å². The maximum Gasteiger partial charge on any atom is 0.144 e. The second kappa shape index (κ2) is 3.90. The Kier molecular flexibility index (Phi) is 2.59. The summed E-state index contributed by atoms with van der Waals surface area (Å²) in [6, 6.07) is 3.78. The summed E-state index contributed by atoms with van der Waals surface area (Å²) in [7, 11) is 0. The van der Waals surface area contributed by atoms with E-state index in [4.69, 9.17) is 10.00 Å². The number of hydrogen-bond donors (Lipinski definition) is 0. The van der Waals surface area contributed by atoms with Crippen molar-refractivity contribution in [2.24, 2.45) is 0 Å². The van der Waals surface area contributed by atoms with Crippen LogP contribution in [-0.4, -0.2) is 11.1 Å². The minimum Gasteiger partial charge on any atom is -0.490 e. The van der Waals surface area contributed by atoms with Gasteiger partial charge >= 0.3 is 0 Å². The molecule has 0 radical (unpaired) electrons. The van der Waals surface area contributed by atoms with Crippen LogP contribution in [0.2, 0.25) is 0 Å². The summed E-state index contributed by atoms with van der Waals surface area (Å²) in [5, 5.41) is 8.77. The third kappa shape index (κ3) is 2.27. The van der Waals surface area contributed by atoms with Crippen LogP contribution in [0, 0.1) is 11.3 Å². The number of pyridine rings is 1. The first-order valence-corrected chi connectivity index (χ1v) is 5.27. The Morgan fingerprint density at radius 1 is 1.53 bits per heavy atom. The van der Waals surface area contributed by atoms with Gasteiger partial charge in [0.15, 0.2) is 0 Å². The van der Waals surface area contributed by atoms with Gasteiger partial charge in [0, 0.05) is 17.8 Å². The molecule has 0 N–H and O–H groups in total. The van der Waals surface area contributed by atoms with Gasteiger partial charge in [0.25, 0.3) is 0 Å². The lowest BCUT2D eigenvalue weighted by Crippen LogP contribution is -2.02. The van der Waals surface area contributed by atoms with Crippen LogP contribution in [0.15, 0.2) is 12.3 Å². The minimum atomic E-state index is 0.358. The fourth-order valence-electron chi connectivity index (χ4n) is 1.41. The number of rotatable bonds is 3. The molecule has 0 bridgehead atoms. The first-order chi connectivity index (χ1) is 7.20. The number of hydrogen-bond acceptors (Lipinski definition) is 3. The smallest absolute Gasteiger partial charge is 0.144 e. The van der Waals surface area contributed by atoms with Gasteiger partial charge in [-0.3, -0.25) is 0 Å². The Balaban J connectivity index is 2.32. The Labute approximate surface area is 89.7 Å². The molecule has 0 aliphatic heterocycles. The molecule has 1 aliphatic carbocycles. The topological polar surface area (TPSA) is 45.9 Å². The van der Waals surface area contributed by atoms with Crippen LogP contribution in [0.4, 0.5) is 0 Å². The van der Waals surface area contributed by atoms with Gasteiger partial charge in [0.2, 0.25) is 0 Å². The lowest BCUT2D eigenvalue weighted by atomic mass is 10.0. The van der Waals surface area contributed by atoms with Gasteiger partial charge in [-0.1, -0.05) is 13.8 Å². The van der Waals surface area contributed by atoms with E-state index in [-0.39, 0.29) is 0 Å². The van der Waals surface area contributed by atoms with Crippen molar-refractivity contribution in [3.63, 3.8) is 0 Å². The van der Waals surface area contributed by atoms with Crippen LogP contribution < -0.4 is 4.74 Å². The van der Waals surface area contributed by atoms with Crippen molar-refractivity contribution in [3.8, 4) is 11.8 Å². The zero-order valence-electron chi connectivity index (χ0n) is 9.03. The number of nitriles is 1. The highest BCUT2D eigenvalue weighted by Gasteiger charge is 2.25. The Hall–Kier alpha value is -1.56. The molecule has 0 unspecified atom stereocenters. The Bertz CT molecular complexity index is 403. The van der Waals surface area contributed by atoms with Crippen LogP contribution in [0.25, 0.3) is 0 Å². The van der Waals surface area contributed by atoms with E-state index in [9.17, 15) is 0 Å². The summed E-state index contributed by atoms with van der Waals surface area (Å²) in [5.41, 5.74) is 1.51. The lowest BCUT2D eigenvalue weighted by Gasteiger charge is -2.12. The third-order valence-electron chi connectivity index (χ3n) is 2.45. The molecule has 1 aromatic heterocycles. The standard InChI is InChI=1S/C12H14N2O/c1-8(2)11-7-14-9(6-13)5-12(11)15-10-3-4-10/h5,7-8,10H,3-4H2,1-2H3. The summed E-state index contributed by atoms with van der Waals surface area (Å²) < 4.78 is 5.77. The zero-order valence-corrected chi connectivity index (χ0v) is 9.03. The lowest BCUT2D eigenvalue weighted by molar-refractivity contribution is 0.298. The molecular formula is C12H14N2O. The van der Waals surface area contributed by atoms with Crippen molar-refractivity contribution in [1.29, 1.82) is 5.26 Å². The average molecular weight is 202 g/mol. The number of ether oxygens (including phenoxy) is 1. The molecule has 1 aliphatic rings. The van der Waals surface area contributed by atoms with Crippen molar-refractivity contribution in [2.45, 2.75) is 38.7 Å². The molecule has 78 valence electrons. The highest BCUT2D eigenvalue weighted by molar-refractivity contribution is 5.39. The van der Waals surface area contributed by atoms with Gasteiger partial charge < -0.3 is 4.74 Å². The van der Waals surface area contributed by atoms with E-state index < -0.39 is 0 Å². The molecule has 3 nitrogen and oxygen atoms in total. The molecule has 0 atom stereocenters. The van der Waals surface area contributed by atoms with Crippen LogP contribution in [0.3, 0.4) is 0 Å². The maximum atomic E-state index is 8.77. The van der Waals surface area contributed by atoms with E-state index in [1.54, 1.807) is 12.3 Å². The van der Waals surface area contributed by atoms with Crippen LogP contribution in [-0.2, 0) is 0 Å². The quantitative estimate of drug-likeness (QED) is 0.756. The summed E-state index contributed by atoms with van der Waals surface area (Å²) >= 11 is 0. The molecule has 2 rings (SSSR count). The fraction of sp³-hybridized carbons (Fsp3) is 0.500. The Morgan fingerprint density at radius 2 is 2.27 bits per heavy atom. The molecule has 0 saturated heterocycles. The van der Waals surface area contributed by atoms with E-state index in [0.29, 0.717) is 17.7 Å². The van der Waals surface area contributed by atoms with E-state index in [1.807, 2.05) is 6.07 Å². The monoisotopic (exact) mass is 202 g/mol. The van der Waals surface area contributed by atoms with Crippen LogP contribution in [0.1, 0.15) is 43.9 Å². The van der Waals surface area contributed by atoms with Gasteiger partial charge in [-0.25, -0.2) is 4.98 Å². The third-order valence-corrected chi connectivity index (χ3v) is 2.45. The fourth-order valence-corrected chi connectivity index (χ4v) is 1.41. The molecular weight excluding hydrogens is 188 g/mol. The summed E-state index contributed by atoms with van der Waals surface area (Å²) in [4.78, 5) is 4.07. The average Bonchev–Trinajstić information content (AvgIpc) is 3.01. The maximum absolute atomic E-state index is 8.77. The molecule has 3 heteroatoms. The largest absolute Gasteiger partial charge is 0.490 e. The molecule has 1 fully saturated rings. The van der Waals surface area contributed by atoms with Gasteiger partial charge in [0.1, 0.15) is 17.5 Å². The summed E-state index contributed by atoms with van der Waals surface area (Å²) in [6.07, 6.45) is 4.36. The summed E-state index contributed by atoms with van der Waals surface area (Å²) in [5.74, 6) is 1.21. The minimum absolute atomic E-state index is 0.358. The van der Waals surface area contributed by atoms with Gasteiger partial charge in [-0.2, -0.15) is 5.26 Å². The molecule has 1 saturated carbocycles. The normalized spacial score (nSPS) is 15.1. The van der Waals surface area contributed by atoms with Gasteiger partial charge in [0.05, 0.1) is 6.10 Å². The molecule has 15 heavy (non-hydrogen) atoms. The molecule has 1 aromatic rings. The number of aromatic nitrogens is 1. The molecule has 1 heterocycles. The van der Waals surface area contributed by atoms with Crippen molar-refractivity contribution < 1.29 is 4.74 Å². The van der Waals surface area contributed by atoms with Crippen LogP contribution in [0.5, 0.6) is 5.75 Å². The van der Waals surface area contributed by atoms with E-state index in [2.05, 4.69) is 18.8 Å². The van der Waals surface area contributed by atoms with Crippen molar-refractivity contribution in [2.75, 3.05) is 0 Å². The SMILES string of the molecule is CC(C)c1cnc(C#N)cc1OC1CC1. The molecule has 0 aromatic carbocycles. The predicted molar refractivity (Wildman–Crippen MR) is 56.7 cm³/mol. The first kappa shape index (κ1) is 9.97. The highest BCUT2D eigenvalue weighted by Crippen LogP contribution is 2.32. The predicted octanol–water partition coefficient (Wildman–Crippen LogP) is 2.62. The van der Waals surface area contributed by atoms with E-state index in [1.165, 1.54) is 0 Å². The van der Waals surface area contributed by atoms with E-state index >= 15 is 0 Å². The van der Waals surface area contributed by atoms with E-state index in [0.717, 1.165) is 24.2 Å². The van der Waals surface area contributed by atoms with Crippen molar-refractivity contribution in [1.82, 2.24) is 4.98 Å². The van der Waals surface area contributed by atoms with Gasteiger partial charge in [-0.15, -0.1) is 0 Å². The second-order valence-corrected chi connectivity index (χ2v) is 4.19. The highest BCUT2D eigenvalue weighted by atomic mass is 16.5. The van der Waals surface area contributed by atoms with Gasteiger partial charge in [-0.05, 0) is 18.8 Å². The number of nitrogens with zero attached hydrogens (tertiary/aromatic N) is 2. The molecule has 0 amide bonds. The summed E-state index contributed by atoms with van der Waals surface area (Å²) in [6.45, 7) is 4.20. The Morgan fingerprint density at radius 3 is 2.80 bits per heavy atom. The molecule has 0 spiro atoms. The second-order valence-electron chi connectivity index (χ2n) is 4.19. The first-order valence-electron chi connectivity index (χ1n) is 5.27. The van der Waals surface area contributed by atoms with Crippen molar-refractivity contribution in [3.05, 3.63) is 23.5 Å².